The van der Waals surface area contributed by atoms with Crippen molar-refractivity contribution in [3.05, 3.63) is 60.2 Å². The molecule has 114 valence electrons. The molecule has 1 saturated carbocycles. The summed E-state index contributed by atoms with van der Waals surface area (Å²) in [5.74, 6) is 1.50. The Kier molecular flexibility index (Phi) is 3.34. The molecule has 0 atom stereocenters. The van der Waals surface area contributed by atoms with Gasteiger partial charge in [0.15, 0.2) is 11.5 Å². The Morgan fingerprint density at radius 1 is 1.13 bits per heavy atom. The number of hydrogen-bond acceptors (Lipinski definition) is 5. The Morgan fingerprint density at radius 2 is 1.87 bits per heavy atom. The second-order valence-corrected chi connectivity index (χ2v) is 5.50. The summed E-state index contributed by atoms with van der Waals surface area (Å²) in [5.41, 5.74) is 1.72. The Balaban J connectivity index is 1.46. The first kappa shape index (κ1) is 13.6. The zero-order valence-electron chi connectivity index (χ0n) is 12.3. The summed E-state index contributed by atoms with van der Waals surface area (Å²) in [4.78, 5) is 20.7. The normalized spacial score (nSPS) is 13.7. The largest absolute Gasteiger partial charge is 0.360 e. The third kappa shape index (κ3) is 2.96. The Labute approximate surface area is 132 Å². The van der Waals surface area contributed by atoms with Crippen LogP contribution in [0.4, 0.5) is 5.69 Å². The molecule has 6 heteroatoms. The molecule has 1 amide bonds. The van der Waals surface area contributed by atoms with E-state index < -0.39 is 0 Å². The maximum Gasteiger partial charge on any atom is 0.277 e. The minimum absolute atomic E-state index is 0.277. The van der Waals surface area contributed by atoms with Crippen LogP contribution in [0.1, 0.15) is 35.0 Å². The van der Waals surface area contributed by atoms with Crippen LogP contribution in [-0.2, 0) is 0 Å². The summed E-state index contributed by atoms with van der Waals surface area (Å²) in [6.45, 7) is 0. The van der Waals surface area contributed by atoms with Crippen LogP contribution in [0.5, 0.6) is 0 Å². The number of aromatic nitrogens is 3. The van der Waals surface area contributed by atoms with Gasteiger partial charge in [0.2, 0.25) is 0 Å². The molecule has 1 aromatic carbocycles. The summed E-state index contributed by atoms with van der Waals surface area (Å²) in [6, 6.07) is 11.4. The fourth-order valence-electron chi connectivity index (χ4n) is 2.28. The van der Waals surface area contributed by atoms with E-state index in [2.05, 4.69) is 20.4 Å². The minimum atomic E-state index is -0.322. The highest BCUT2D eigenvalue weighted by atomic mass is 16.5. The summed E-state index contributed by atoms with van der Waals surface area (Å²) >= 11 is 0. The zero-order valence-corrected chi connectivity index (χ0v) is 12.3. The number of anilines is 1. The van der Waals surface area contributed by atoms with Gasteiger partial charge in [-0.3, -0.25) is 4.79 Å². The molecule has 0 unspecified atom stereocenters. The molecule has 6 nitrogen and oxygen atoms in total. The van der Waals surface area contributed by atoms with Crippen molar-refractivity contribution < 1.29 is 9.32 Å². The highest BCUT2D eigenvalue weighted by molar-refractivity contribution is 6.02. The van der Waals surface area contributed by atoms with Gasteiger partial charge in [-0.15, -0.1) is 0 Å². The number of rotatable bonds is 4. The molecule has 0 radical (unpaired) electrons. The first-order valence-electron chi connectivity index (χ1n) is 7.45. The molecule has 23 heavy (non-hydrogen) atoms. The fraction of sp³-hybridized carbons (Fsp3) is 0.176. The minimum Gasteiger partial charge on any atom is -0.360 e. The maximum absolute atomic E-state index is 12.1. The molecular weight excluding hydrogens is 292 g/mol. The molecular formula is C17H14N4O2. The van der Waals surface area contributed by atoms with E-state index in [-0.39, 0.29) is 11.6 Å². The van der Waals surface area contributed by atoms with Crippen LogP contribution in [-0.4, -0.2) is 21.0 Å². The van der Waals surface area contributed by atoms with E-state index in [1.807, 2.05) is 30.3 Å². The quantitative estimate of drug-likeness (QED) is 0.800. The highest BCUT2D eigenvalue weighted by Gasteiger charge is 2.28. The molecule has 1 aliphatic carbocycles. The standard InChI is InChI=1S/C17H14N4O2/c22-17(14-8-15(23-21-14)11-6-7-11)20-13-9-18-16(19-10-13)12-4-2-1-3-5-12/h1-5,8-11H,6-7H2,(H,20,22). The van der Waals surface area contributed by atoms with Crippen LogP contribution in [0.25, 0.3) is 11.4 Å². The van der Waals surface area contributed by atoms with Crippen LogP contribution in [0.15, 0.2) is 53.3 Å². The number of carbonyl (C=O) groups excluding carboxylic acids is 1. The number of hydrogen-bond donors (Lipinski definition) is 1. The average Bonchev–Trinajstić information content (AvgIpc) is 3.33. The van der Waals surface area contributed by atoms with Crippen molar-refractivity contribution in [3.63, 3.8) is 0 Å². The molecule has 3 aromatic rings. The molecule has 2 aromatic heterocycles. The molecule has 0 saturated heterocycles. The van der Waals surface area contributed by atoms with Gasteiger partial charge in [0.05, 0.1) is 18.1 Å². The summed E-state index contributed by atoms with van der Waals surface area (Å²) in [5, 5.41) is 6.53. The van der Waals surface area contributed by atoms with Crippen LogP contribution in [0, 0.1) is 0 Å². The summed E-state index contributed by atoms with van der Waals surface area (Å²) in [7, 11) is 0. The first-order chi connectivity index (χ1) is 11.3. The Bertz CT molecular complexity index is 823. The predicted octanol–water partition coefficient (Wildman–Crippen LogP) is 3.26. The van der Waals surface area contributed by atoms with E-state index in [0.717, 1.165) is 24.2 Å². The number of benzene rings is 1. The topological polar surface area (TPSA) is 80.9 Å². The van der Waals surface area contributed by atoms with Gasteiger partial charge < -0.3 is 9.84 Å². The lowest BCUT2D eigenvalue weighted by Crippen LogP contribution is -2.12. The number of nitrogens with one attached hydrogen (secondary N) is 1. The lowest BCUT2D eigenvalue weighted by molar-refractivity contribution is 0.101. The molecule has 1 fully saturated rings. The van der Waals surface area contributed by atoms with Crippen molar-refractivity contribution in [3.8, 4) is 11.4 Å². The summed E-state index contributed by atoms with van der Waals surface area (Å²) < 4.78 is 5.18. The molecule has 0 spiro atoms. The van der Waals surface area contributed by atoms with Gasteiger partial charge in [0.1, 0.15) is 5.76 Å². The van der Waals surface area contributed by atoms with Gasteiger partial charge in [-0.1, -0.05) is 35.5 Å². The molecule has 4 rings (SSSR count). The van der Waals surface area contributed by atoms with E-state index in [1.165, 1.54) is 0 Å². The van der Waals surface area contributed by atoms with Gasteiger partial charge in [-0.05, 0) is 12.8 Å². The van der Waals surface area contributed by atoms with Gasteiger partial charge in [0.25, 0.3) is 5.91 Å². The van der Waals surface area contributed by atoms with Crippen molar-refractivity contribution in [1.29, 1.82) is 0 Å². The van der Waals surface area contributed by atoms with Gasteiger partial charge >= 0.3 is 0 Å². The van der Waals surface area contributed by atoms with E-state index in [1.54, 1.807) is 18.5 Å². The van der Waals surface area contributed by atoms with Crippen LogP contribution in [0.3, 0.4) is 0 Å². The number of carbonyl (C=O) groups is 1. The zero-order chi connectivity index (χ0) is 15.6. The van der Waals surface area contributed by atoms with Crippen LogP contribution in [0.2, 0.25) is 0 Å². The van der Waals surface area contributed by atoms with Crippen LogP contribution >= 0.6 is 0 Å². The maximum atomic E-state index is 12.1. The third-order valence-corrected chi connectivity index (χ3v) is 3.68. The SMILES string of the molecule is O=C(Nc1cnc(-c2ccccc2)nc1)c1cc(C2CC2)on1. The van der Waals surface area contributed by atoms with E-state index in [0.29, 0.717) is 17.4 Å². The van der Waals surface area contributed by atoms with Crippen molar-refractivity contribution in [1.82, 2.24) is 15.1 Å². The van der Waals surface area contributed by atoms with Gasteiger partial charge in [-0.25, -0.2) is 9.97 Å². The van der Waals surface area contributed by atoms with Crippen molar-refractivity contribution >= 4 is 11.6 Å². The lowest BCUT2D eigenvalue weighted by atomic mass is 10.2. The monoisotopic (exact) mass is 306 g/mol. The average molecular weight is 306 g/mol. The smallest absolute Gasteiger partial charge is 0.277 e. The fourth-order valence-corrected chi connectivity index (χ4v) is 2.28. The second kappa shape index (κ2) is 5.64. The second-order valence-electron chi connectivity index (χ2n) is 5.50. The van der Waals surface area contributed by atoms with Gasteiger partial charge in [0, 0.05) is 17.5 Å². The first-order valence-corrected chi connectivity index (χ1v) is 7.45. The van der Waals surface area contributed by atoms with Crippen molar-refractivity contribution in [2.24, 2.45) is 0 Å². The van der Waals surface area contributed by atoms with E-state index in [9.17, 15) is 4.79 Å². The molecule has 0 aliphatic heterocycles. The van der Waals surface area contributed by atoms with E-state index >= 15 is 0 Å². The Hall–Kier alpha value is -3.02. The summed E-state index contributed by atoms with van der Waals surface area (Å²) in [6.07, 6.45) is 5.36. The highest BCUT2D eigenvalue weighted by Crippen LogP contribution is 2.40. The van der Waals surface area contributed by atoms with Crippen LogP contribution < -0.4 is 5.32 Å². The lowest BCUT2D eigenvalue weighted by Gasteiger charge is -2.03. The molecule has 2 heterocycles. The molecule has 0 bridgehead atoms. The predicted molar refractivity (Wildman–Crippen MR) is 83.9 cm³/mol. The number of nitrogens with zero attached hydrogens (tertiary/aromatic N) is 3. The number of amides is 1. The van der Waals surface area contributed by atoms with Crippen molar-refractivity contribution in [2.75, 3.05) is 5.32 Å². The third-order valence-electron chi connectivity index (χ3n) is 3.68. The van der Waals surface area contributed by atoms with Gasteiger partial charge in [-0.2, -0.15) is 0 Å². The Morgan fingerprint density at radius 3 is 2.57 bits per heavy atom. The molecule has 1 N–H and O–H groups in total. The van der Waals surface area contributed by atoms with E-state index in [4.69, 9.17) is 4.52 Å². The molecule has 1 aliphatic rings. The van der Waals surface area contributed by atoms with Crippen molar-refractivity contribution in [2.45, 2.75) is 18.8 Å².